The molecule has 3 aromatic carbocycles. The van der Waals surface area contributed by atoms with E-state index >= 15 is 4.39 Å². The molecule has 12 nitrogen and oxygen atoms in total. The lowest BCUT2D eigenvalue weighted by atomic mass is 10.0. The van der Waals surface area contributed by atoms with Crippen molar-refractivity contribution in [1.82, 2.24) is 30.5 Å². The molecule has 0 bridgehead atoms. The minimum atomic E-state index is -0.804. The van der Waals surface area contributed by atoms with E-state index in [9.17, 15) is 19.2 Å². The average Bonchev–Trinajstić information content (AvgIpc) is 3.47. The predicted molar refractivity (Wildman–Crippen MR) is 187 cm³/mol. The van der Waals surface area contributed by atoms with Gasteiger partial charge in [0.25, 0.3) is 11.8 Å². The van der Waals surface area contributed by atoms with Crippen molar-refractivity contribution < 1.29 is 23.6 Å². The number of benzene rings is 3. The van der Waals surface area contributed by atoms with Crippen LogP contribution in [-0.4, -0.2) is 49.5 Å². The van der Waals surface area contributed by atoms with Gasteiger partial charge in [-0.3, -0.25) is 29.5 Å². The quantitative estimate of drug-likeness (QED) is 0.148. The summed E-state index contributed by atoms with van der Waals surface area (Å²) in [7, 11) is 0. The Bertz CT molecular complexity index is 2160. The van der Waals surface area contributed by atoms with Gasteiger partial charge < -0.3 is 20.9 Å². The van der Waals surface area contributed by atoms with E-state index in [-0.39, 0.29) is 48.9 Å². The van der Waals surface area contributed by atoms with E-state index in [0.29, 0.717) is 29.3 Å². The molecule has 4 heterocycles. The molecule has 51 heavy (non-hydrogen) atoms. The summed E-state index contributed by atoms with van der Waals surface area (Å²) in [6, 6.07) is 20.6. The highest BCUT2D eigenvalue weighted by atomic mass is 19.1. The number of amides is 4. The predicted octanol–water partition coefficient (Wildman–Crippen LogP) is 5.03. The molecule has 4 N–H and O–H groups in total. The van der Waals surface area contributed by atoms with E-state index in [4.69, 9.17) is 0 Å². The van der Waals surface area contributed by atoms with Crippen LogP contribution < -0.4 is 21.3 Å². The smallest absolute Gasteiger partial charge is 0.255 e. The second-order valence-electron chi connectivity index (χ2n) is 12.4. The highest BCUT2D eigenvalue weighted by Crippen LogP contribution is 2.31. The SMILES string of the molecule is Cc1ccc(NC(=O)c2ccc(CNCc3ccc4c(c3F)CN(C3CCC(=O)NC3=O)C4=O)cc2)cc1Nc1nccc(-c2cccnc2)n1. The van der Waals surface area contributed by atoms with Crippen LogP contribution >= 0.6 is 0 Å². The van der Waals surface area contributed by atoms with Crippen LogP contribution in [0.1, 0.15) is 55.8 Å². The first-order chi connectivity index (χ1) is 24.7. The van der Waals surface area contributed by atoms with Gasteiger partial charge in [-0.05, 0) is 73.0 Å². The standard InChI is InChI=1S/C38H33FN8O4/c1-22-4-10-27(17-31(22)45-38-42-16-14-30(44-38)25-3-2-15-40-19-25)43-35(49)24-7-5-23(6-8-24)18-41-20-26-9-11-28-29(34(26)39)21-47(37(28)51)32-12-13-33(48)46-36(32)50/h2-11,14-17,19,32,41H,12-13,18,20-21H2,1H3,(H,43,49)(H,42,44,45)(H,46,48,50). The van der Waals surface area contributed by atoms with Gasteiger partial charge in [0.15, 0.2) is 0 Å². The van der Waals surface area contributed by atoms with Gasteiger partial charge in [-0.2, -0.15) is 0 Å². The molecule has 2 aliphatic rings. The minimum Gasteiger partial charge on any atom is -0.324 e. The second kappa shape index (κ2) is 14.3. The Kier molecular flexibility index (Phi) is 9.27. The van der Waals surface area contributed by atoms with Crippen molar-refractivity contribution in [3.8, 4) is 11.3 Å². The maximum Gasteiger partial charge on any atom is 0.255 e. The van der Waals surface area contributed by atoms with Crippen LogP contribution in [0.3, 0.4) is 0 Å². The fourth-order valence-corrected chi connectivity index (χ4v) is 6.16. The topological polar surface area (TPSA) is 158 Å². The summed E-state index contributed by atoms with van der Waals surface area (Å²) in [6.07, 6.45) is 5.46. The molecule has 13 heteroatoms. The summed E-state index contributed by atoms with van der Waals surface area (Å²) in [6.45, 7) is 2.54. The van der Waals surface area contributed by atoms with Gasteiger partial charge in [0.1, 0.15) is 11.9 Å². The summed E-state index contributed by atoms with van der Waals surface area (Å²) in [4.78, 5) is 64.3. The molecule has 0 spiro atoms. The molecule has 2 aliphatic heterocycles. The number of carbonyl (C=O) groups excluding carboxylic acids is 4. The number of fused-ring (bicyclic) bond motifs is 1. The number of carbonyl (C=O) groups is 4. The third-order valence-corrected chi connectivity index (χ3v) is 8.94. The van der Waals surface area contributed by atoms with Gasteiger partial charge >= 0.3 is 0 Å². The summed E-state index contributed by atoms with van der Waals surface area (Å²) < 4.78 is 15.5. The zero-order chi connectivity index (χ0) is 35.5. The molecule has 4 amide bonds. The zero-order valence-corrected chi connectivity index (χ0v) is 27.6. The Morgan fingerprint density at radius 2 is 1.84 bits per heavy atom. The summed E-state index contributed by atoms with van der Waals surface area (Å²) in [5, 5.41) is 11.7. The minimum absolute atomic E-state index is 0.0286. The van der Waals surface area contributed by atoms with E-state index in [2.05, 4.69) is 36.2 Å². The molecule has 0 radical (unpaired) electrons. The second-order valence-corrected chi connectivity index (χ2v) is 12.4. The summed E-state index contributed by atoms with van der Waals surface area (Å²) >= 11 is 0. The molecule has 5 aromatic rings. The maximum absolute atomic E-state index is 15.5. The number of rotatable bonds is 10. The Balaban J connectivity index is 0.937. The van der Waals surface area contributed by atoms with Crippen LogP contribution in [0.15, 0.2) is 91.4 Å². The number of aryl methyl sites for hydroxylation is 1. The molecular formula is C38H33FN8O4. The summed E-state index contributed by atoms with van der Waals surface area (Å²) in [5.74, 6) is -1.68. The first-order valence-corrected chi connectivity index (χ1v) is 16.4. The molecule has 1 saturated heterocycles. The van der Waals surface area contributed by atoms with Gasteiger partial charge in [0, 0.05) is 77.3 Å². The number of anilines is 3. The Morgan fingerprint density at radius 3 is 2.63 bits per heavy atom. The molecule has 256 valence electrons. The zero-order valence-electron chi connectivity index (χ0n) is 27.6. The van der Waals surface area contributed by atoms with E-state index in [1.54, 1.807) is 42.9 Å². The maximum atomic E-state index is 15.5. The van der Waals surface area contributed by atoms with Crippen molar-refractivity contribution >= 4 is 41.0 Å². The van der Waals surface area contributed by atoms with Crippen LogP contribution in [0.5, 0.6) is 0 Å². The van der Waals surface area contributed by atoms with Crippen LogP contribution in [0.25, 0.3) is 11.3 Å². The molecule has 1 fully saturated rings. The number of hydrogen-bond donors (Lipinski definition) is 4. The van der Waals surface area contributed by atoms with E-state index < -0.39 is 23.7 Å². The van der Waals surface area contributed by atoms with E-state index in [1.165, 1.54) is 4.90 Å². The number of aromatic nitrogens is 3. The Hall–Kier alpha value is -6.34. The molecule has 2 aromatic heterocycles. The van der Waals surface area contributed by atoms with Gasteiger partial charge in [0.05, 0.1) is 12.2 Å². The monoisotopic (exact) mass is 684 g/mol. The van der Waals surface area contributed by atoms with Gasteiger partial charge in [-0.15, -0.1) is 0 Å². The number of pyridine rings is 1. The average molecular weight is 685 g/mol. The highest BCUT2D eigenvalue weighted by molar-refractivity contribution is 6.06. The molecular weight excluding hydrogens is 651 g/mol. The van der Waals surface area contributed by atoms with E-state index in [1.807, 2.05) is 55.5 Å². The number of imide groups is 1. The third-order valence-electron chi connectivity index (χ3n) is 8.94. The fraction of sp³-hybridized carbons (Fsp3) is 0.184. The van der Waals surface area contributed by atoms with Crippen LogP contribution in [-0.2, 0) is 29.2 Å². The van der Waals surface area contributed by atoms with Crippen molar-refractivity contribution in [2.45, 2.75) is 45.4 Å². The lowest BCUT2D eigenvalue weighted by Gasteiger charge is -2.29. The van der Waals surface area contributed by atoms with Crippen molar-refractivity contribution in [3.05, 3.63) is 131 Å². The van der Waals surface area contributed by atoms with E-state index in [0.717, 1.165) is 28.1 Å². The number of nitrogens with zero attached hydrogens (tertiary/aromatic N) is 4. The molecule has 7 rings (SSSR count). The summed E-state index contributed by atoms with van der Waals surface area (Å²) in [5.41, 5.74) is 6.12. The molecule has 1 atom stereocenters. The third kappa shape index (κ3) is 7.19. The van der Waals surface area contributed by atoms with Crippen LogP contribution in [0, 0.1) is 12.7 Å². The van der Waals surface area contributed by atoms with Crippen molar-refractivity contribution in [3.63, 3.8) is 0 Å². The van der Waals surface area contributed by atoms with Crippen molar-refractivity contribution in [2.75, 3.05) is 10.6 Å². The number of nitrogens with one attached hydrogen (secondary N) is 4. The van der Waals surface area contributed by atoms with Gasteiger partial charge in [-0.25, -0.2) is 14.4 Å². The van der Waals surface area contributed by atoms with Crippen LogP contribution in [0.2, 0.25) is 0 Å². The lowest BCUT2D eigenvalue weighted by molar-refractivity contribution is -0.136. The largest absolute Gasteiger partial charge is 0.324 e. The fourth-order valence-electron chi connectivity index (χ4n) is 6.16. The number of hydrogen-bond acceptors (Lipinski definition) is 9. The normalized spacial score (nSPS) is 15.4. The molecule has 0 aliphatic carbocycles. The molecule has 0 saturated carbocycles. The lowest BCUT2D eigenvalue weighted by Crippen LogP contribution is -2.52. The Morgan fingerprint density at radius 1 is 1.00 bits per heavy atom. The number of halogens is 1. The Labute approximate surface area is 292 Å². The first-order valence-electron chi connectivity index (χ1n) is 16.4. The van der Waals surface area contributed by atoms with Crippen molar-refractivity contribution in [1.29, 1.82) is 0 Å². The van der Waals surface area contributed by atoms with Crippen molar-refractivity contribution in [2.24, 2.45) is 0 Å². The van der Waals surface area contributed by atoms with Gasteiger partial charge in [-0.1, -0.05) is 24.3 Å². The van der Waals surface area contributed by atoms with Crippen LogP contribution in [0.4, 0.5) is 21.7 Å². The highest BCUT2D eigenvalue weighted by Gasteiger charge is 2.40. The molecule has 1 unspecified atom stereocenters. The first kappa shape index (κ1) is 33.2. The van der Waals surface area contributed by atoms with Gasteiger partial charge in [0.2, 0.25) is 17.8 Å². The number of piperidine rings is 1.